The molecule has 0 aromatic carbocycles. The number of aromatic amines is 1. The molecule has 83 valence electrons. The molecule has 3 aromatic rings. The largest absolute Gasteiger partial charge is 0.375 e. The second kappa shape index (κ2) is 4.22. The van der Waals surface area contributed by atoms with E-state index in [9.17, 15) is 4.79 Å². The lowest BCUT2D eigenvalue weighted by Gasteiger charge is -2.03. The van der Waals surface area contributed by atoms with Gasteiger partial charge in [0.2, 0.25) is 5.56 Å². The molecule has 0 aliphatic heterocycles. The van der Waals surface area contributed by atoms with Gasteiger partial charge in [0.25, 0.3) is 0 Å². The summed E-state index contributed by atoms with van der Waals surface area (Å²) in [5.74, 6) is 0. The summed E-state index contributed by atoms with van der Waals surface area (Å²) in [6, 6.07) is 7.24. The Morgan fingerprint density at radius 1 is 1.39 bits per heavy atom. The van der Waals surface area contributed by atoms with Gasteiger partial charge >= 0.3 is 0 Å². The van der Waals surface area contributed by atoms with Gasteiger partial charge < -0.3 is 9.46 Å². The molecule has 18 heavy (non-hydrogen) atoms. The molecule has 0 saturated heterocycles. The third kappa shape index (κ3) is 1.66. The summed E-state index contributed by atoms with van der Waals surface area (Å²) in [6.45, 7) is 0. The molecule has 0 unspecified atom stereocenters. The number of nitrogens with zero attached hydrogens (tertiary/aromatic N) is 2. The molecular formula is C12H8B2N3O. The van der Waals surface area contributed by atoms with E-state index >= 15 is 0 Å². The summed E-state index contributed by atoms with van der Waals surface area (Å²) in [5, 5.41) is 0.992. The summed E-state index contributed by atoms with van der Waals surface area (Å²) in [5.41, 5.74) is 2.45. The molecule has 1 N–H and O–H groups in total. The molecule has 4 nitrogen and oxygen atoms in total. The number of H-pyrrole nitrogens is 1. The lowest BCUT2D eigenvalue weighted by molar-refractivity contribution is 1.12. The van der Waals surface area contributed by atoms with Crippen molar-refractivity contribution in [3.05, 3.63) is 53.2 Å². The van der Waals surface area contributed by atoms with Crippen molar-refractivity contribution in [2.24, 2.45) is 0 Å². The SMILES string of the molecule is [B][B]n1ccc(-c2c[nH]c3ncccc23)cc1=O. The monoisotopic (exact) mass is 232 g/mol. The minimum absolute atomic E-state index is 0.159. The molecule has 0 amide bonds. The second-order valence-electron chi connectivity index (χ2n) is 3.91. The van der Waals surface area contributed by atoms with Crippen LogP contribution < -0.4 is 5.56 Å². The average Bonchev–Trinajstić information content (AvgIpc) is 2.82. The highest BCUT2D eigenvalue weighted by Gasteiger charge is 2.07. The quantitative estimate of drug-likeness (QED) is 0.668. The first-order chi connectivity index (χ1) is 8.79. The van der Waals surface area contributed by atoms with Crippen molar-refractivity contribution < 1.29 is 0 Å². The lowest BCUT2D eigenvalue weighted by atomic mass is 9.67. The lowest BCUT2D eigenvalue weighted by Crippen LogP contribution is -2.23. The van der Waals surface area contributed by atoms with Crippen molar-refractivity contribution >= 4 is 26.1 Å². The molecule has 0 fully saturated rings. The maximum Gasteiger partial charge on any atom is 0.237 e. The first-order valence-electron chi connectivity index (χ1n) is 5.49. The first kappa shape index (κ1) is 10.9. The Bertz CT molecular complexity index is 763. The number of rotatable bonds is 2. The average molecular weight is 232 g/mol. The van der Waals surface area contributed by atoms with Crippen LogP contribution in [0.2, 0.25) is 0 Å². The molecule has 3 radical (unpaired) electrons. The van der Waals surface area contributed by atoms with Gasteiger partial charge in [-0.15, -0.1) is 0 Å². The number of hydrogen-bond donors (Lipinski definition) is 1. The van der Waals surface area contributed by atoms with Crippen LogP contribution in [0.1, 0.15) is 0 Å². The van der Waals surface area contributed by atoms with Crippen LogP contribution in [0.4, 0.5) is 0 Å². The smallest absolute Gasteiger partial charge is 0.237 e. The molecule has 0 aliphatic carbocycles. The van der Waals surface area contributed by atoms with Gasteiger partial charge in [0, 0.05) is 37.1 Å². The molecule has 3 rings (SSSR count). The molecule has 0 saturated carbocycles. The van der Waals surface area contributed by atoms with Crippen molar-refractivity contribution in [3.8, 4) is 11.1 Å². The van der Waals surface area contributed by atoms with E-state index in [1.54, 1.807) is 18.5 Å². The molecule has 0 bridgehead atoms. The van der Waals surface area contributed by atoms with E-state index in [1.165, 1.54) is 11.8 Å². The molecular weight excluding hydrogens is 224 g/mol. The number of hydrogen-bond acceptors (Lipinski definition) is 2. The standard InChI is InChI=1S/C12H8B2N3O/c13-14-17-5-3-8(6-11(17)18)10-7-16-12-9(10)2-1-4-15-12/h1-7H,(H,15,16). The molecule has 0 aliphatic rings. The normalized spacial score (nSPS) is 10.7. The predicted octanol–water partition coefficient (Wildman–Crippen LogP) is 0.942. The number of nitrogens with one attached hydrogen (secondary N) is 1. The van der Waals surface area contributed by atoms with E-state index in [0.29, 0.717) is 0 Å². The topological polar surface area (TPSA) is 50.7 Å². The van der Waals surface area contributed by atoms with E-state index in [0.717, 1.165) is 22.2 Å². The van der Waals surface area contributed by atoms with E-state index in [4.69, 9.17) is 7.74 Å². The molecule has 3 aromatic heterocycles. The Hall–Kier alpha value is -2.23. The van der Waals surface area contributed by atoms with Gasteiger partial charge in [-0.2, -0.15) is 0 Å². The zero-order valence-corrected chi connectivity index (χ0v) is 9.50. The van der Waals surface area contributed by atoms with E-state index in [2.05, 4.69) is 9.97 Å². The zero-order valence-electron chi connectivity index (χ0n) is 9.50. The van der Waals surface area contributed by atoms with Gasteiger partial charge in [-0.1, -0.05) is 0 Å². The van der Waals surface area contributed by atoms with Gasteiger partial charge in [0.05, 0.1) is 0 Å². The minimum atomic E-state index is -0.159. The van der Waals surface area contributed by atoms with Crippen LogP contribution in [0.25, 0.3) is 22.2 Å². The molecule has 6 heteroatoms. The maximum atomic E-state index is 11.7. The van der Waals surface area contributed by atoms with Crippen molar-refractivity contribution in [1.29, 1.82) is 0 Å². The Balaban J connectivity index is 2.20. The second-order valence-corrected chi connectivity index (χ2v) is 3.91. The molecule has 0 atom stereocenters. The predicted molar refractivity (Wildman–Crippen MR) is 72.7 cm³/mol. The summed E-state index contributed by atoms with van der Waals surface area (Å²) in [4.78, 5) is 19.0. The Kier molecular flexibility index (Phi) is 2.55. The van der Waals surface area contributed by atoms with Crippen LogP contribution in [0.3, 0.4) is 0 Å². The Morgan fingerprint density at radius 3 is 3.06 bits per heavy atom. The minimum Gasteiger partial charge on any atom is -0.375 e. The van der Waals surface area contributed by atoms with Gasteiger partial charge in [-0.05, 0) is 30.0 Å². The highest BCUT2D eigenvalue weighted by molar-refractivity contribution is 6.88. The first-order valence-corrected chi connectivity index (χ1v) is 5.49. The van der Waals surface area contributed by atoms with Crippen molar-refractivity contribution in [2.45, 2.75) is 0 Å². The van der Waals surface area contributed by atoms with Crippen LogP contribution in [0, 0.1) is 0 Å². The van der Waals surface area contributed by atoms with Crippen LogP contribution >= 0.6 is 0 Å². The third-order valence-electron chi connectivity index (χ3n) is 2.87. The fourth-order valence-corrected chi connectivity index (χ4v) is 1.98. The number of aromatic nitrogens is 3. The number of pyridine rings is 2. The zero-order chi connectivity index (χ0) is 12.5. The van der Waals surface area contributed by atoms with Crippen molar-refractivity contribution in [2.75, 3.05) is 0 Å². The van der Waals surface area contributed by atoms with E-state index in [1.807, 2.05) is 24.4 Å². The van der Waals surface area contributed by atoms with Crippen molar-refractivity contribution in [3.63, 3.8) is 0 Å². The molecule has 0 spiro atoms. The van der Waals surface area contributed by atoms with Crippen LogP contribution in [-0.2, 0) is 0 Å². The maximum absolute atomic E-state index is 11.7. The fourth-order valence-electron chi connectivity index (χ4n) is 1.98. The van der Waals surface area contributed by atoms with Gasteiger partial charge in [0.15, 0.2) is 7.31 Å². The summed E-state index contributed by atoms with van der Waals surface area (Å²) >= 11 is 0. The highest BCUT2D eigenvalue weighted by atomic mass is 16.1. The van der Waals surface area contributed by atoms with E-state index in [-0.39, 0.29) is 5.56 Å². The highest BCUT2D eigenvalue weighted by Crippen LogP contribution is 2.25. The molecule has 3 heterocycles. The van der Waals surface area contributed by atoms with E-state index < -0.39 is 0 Å². The van der Waals surface area contributed by atoms with Crippen LogP contribution in [0.15, 0.2) is 47.7 Å². The van der Waals surface area contributed by atoms with Gasteiger partial charge in [-0.3, -0.25) is 4.79 Å². The summed E-state index contributed by atoms with van der Waals surface area (Å²) in [6.07, 6.45) is 5.22. The summed E-state index contributed by atoms with van der Waals surface area (Å²) < 4.78 is 1.33. The van der Waals surface area contributed by atoms with Crippen molar-refractivity contribution in [1.82, 2.24) is 14.4 Å². The van der Waals surface area contributed by atoms with Gasteiger partial charge in [-0.25, -0.2) is 4.98 Å². The van der Waals surface area contributed by atoms with Crippen LogP contribution in [0.5, 0.6) is 0 Å². The van der Waals surface area contributed by atoms with Gasteiger partial charge in [0.1, 0.15) is 5.65 Å². The Labute approximate surface area is 105 Å². The summed E-state index contributed by atoms with van der Waals surface area (Å²) in [7, 11) is 6.57. The fraction of sp³-hybridized carbons (Fsp3) is 0. The third-order valence-corrected chi connectivity index (χ3v) is 2.87. The number of fused-ring (bicyclic) bond motifs is 1. The Morgan fingerprint density at radius 2 is 2.28 bits per heavy atom. The van der Waals surface area contributed by atoms with Crippen LogP contribution in [-0.4, -0.2) is 29.5 Å².